The van der Waals surface area contributed by atoms with Crippen LogP contribution in [0, 0.1) is 12.7 Å². The topological polar surface area (TPSA) is 111 Å². The molecule has 4 aromatic rings. The number of nitrogens with two attached hydrogens (primary N) is 1. The van der Waals surface area contributed by atoms with E-state index in [4.69, 9.17) is 5.73 Å². The molecule has 0 bridgehead atoms. The average molecular weight is 410 g/mol. The molecule has 2 aromatic carbocycles. The Labute approximate surface area is 168 Å². The summed E-state index contributed by atoms with van der Waals surface area (Å²) in [6.07, 6.45) is 1.56. The van der Waals surface area contributed by atoms with Crippen LogP contribution in [0.3, 0.4) is 0 Å². The zero-order valence-corrected chi connectivity index (χ0v) is 16.0. The summed E-state index contributed by atoms with van der Waals surface area (Å²) in [6, 6.07) is 7.95. The lowest BCUT2D eigenvalue weighted by atomic mass is 10.0. The van der Waals surface area contributed by atoms with Crippen LogP contribution in [0.5, 0.6) is 0 Å². The van der Waals surface area contributed by atoms with Gasteiger partial charge in [0, 0.05) is 22.5 Å². The number of carbonyl (C=O) groups excluding carboxylic acids is 1. The molecule has 0 radical (unpaired) electrons. The number of carboxylic acids is 1. The van der Waals surface area contributed by atoms with E-state index in [1.54, 1.807) is 30.6 Å². The van der Waals surface area contributed by atoms with Gasteiger partial charge in [-0.2, -0.15) is 5.10 Å². The minimum absolute atomic E-state index is 0.0968. The van der Waals surface area contributed by atoms with Gasteiger partial charge in [-0.25, -0.2) is 18.9 Å². The standard InChI is InChI=1S/C20H15FN4O3S/c1-10-7-15-14(9-13(10)20(27)28)16(11-3-2-4-12(21)8-11)24-25(15)17(18(22)26)19-23-5-6-29-19/h2-9,17H,1H3,(H2,22,26)(H,27,28). The van der Waals surface area contributed by atoms with Crippen molar-refractivity contribution >= 4 is 34.1 Å². The predicted molar refractivity (Wildman–Crippen MR) is 106 cm³/mol. The van der Waals surface area contributed by atoms with Crippen LogP contribution in [0.2, 0.25) is 0 Å². The monoisotopic (exact) mass is 410 g/mol. The fourth-order valence-corrected chi connectivity index (χ4v) is 4.01. The van der Waals surface area contributed by atoms with Gasteiger partial charge in [0.05, 0.1) is 11.1 Å². The van der Waals surface area contributed by atoms with Crippen molar-refractivity contribution in [3.63, 3.8) is 0 Å². The number of amides is 1. The van der Waals surface area contributed by atoms with Gasteiger partial charge in [-0.3, -0.25) is 4.79 Å². The third-order valence-corrected chi connectivity index (χ3v) is 5.41. The maximum atomic E-state index is 13.8. The van der Waals surface area contributed by atoms with Gasteiger partial charge in [-0.05, 0) is 36.8 Å². The lowest BCUT2D eigenvalue weighted by Crippen LogP contribution is -2.28. The Morgan fingerprint density at radius 2 is 2.07 bits per heavy atom. The van der Waals surface area contributed by atoms with Gasteiger partial charge in [0.25, 0.3) is 0 Å². The van der Waals surface area contributed by atoms with E-state index in [2.05, 4.69) is 10.1 Å². The van der Waals surface area contributed by atoms with Gasteiger partial charge >= 0.3 is 5.97 Å². The number of thiazole rings is 1. The van der Waals surface area contributed by atoms with E-state index in [-0.39, 0.29) is 5.56 Å². The number of fused-ring (bicyclic) bond motifs is 1. The molecule has 4 rings (SSSR count). The average Bonchev–Trinajstić information content (AvgIpc) is 3.30. The first-order valence-electron chi connectivity index (χ1n) is 8.57. The fourth-order valence-electron chi connectivity index (χ4n) is 3.28. The molecule has 146 valence electrons. The van der Waals surface area contributed by atoms with Crippen molar-refractivity contribution in [1.29, 1.82) is 0 Å². The fraction of sp³-hybridized carbons (Fsp3) is 0.100. The molecule has 0 spiro atoms. The highest BCUT2D eigenvalue weighted by Crippen LogP contribution is 2.34. The Morgan fingerprint density at radius 3 is 2.69 bits per heavy atom. The zero-order valence-electron chi connectivity index (χ0n) is 15.2. The van der Waals surface area contributed by atoms with Crippen molar-refractivity contribution < 1.29 is 19.1 Å². The molecule has 9 heteroatoms. The Balaban J connectivity index is 2.06. The van der Waals surface area contributed by atoms with Crippen LogP contribution >= 0.6 is 11.3 Å². The second-order valence-electron chi connectivity index (χ2n) is 6.47. The molecule has 2 heterocycles. The van der Waals surface area contributed by atoms with Crippen molar-refractivity contribution in [3.8, 4) is 11.3 Å². The number of carbonyl (C=O) groups is 2. The second kappa shape index (κ2) is 7.10. The lowest BCUT2D eigenvalue weighted by Gasteiger charge is -2.13. The third-order valence-electron chi connectivity index (χ3n) is 4.58. The van der Waals surface area contributed by atoms with Crippen LogP contribution in [0.4, 0.5) is 4.39 Å². The van der Waals surface area contributed by atoms with Crippen molar-refractivity contribution in [2.24, 2.45) is 5.73 Å². The third kappa shape index (κ3) is 3.25. The number of carboxylic acid groups (broad SMARTS) is 1. The highest BCUT2D eigenvalue weighted by molar-refractivity contribution is 7.09. The molecular formula is C20H15FN4O3S. The minimum atomic E-state index is -1.09. The molecule has 1 atom stereocenters. The van der Waals surface area contributed by atoms with Crippen LogP contribution in [0.15, 0.2) is 48.0 Å². The number of hydrogen-bond donors (Lipinski definition) is 2. The number of aromatic nitrogens is 3. The lowest BCUT2D eigenvalue weighted by molar-refractivity contribution is -0.120. The number of primary amides is 1. The molecule has 0 saturated heterocycles. The van der Waals surface area contributed by atoms with Crippen LogP contribution in [0.1, 0.15) is 27.0 Å². The van der Waals surface area contributed by atoms with E-state index in [1.165, 1.54) is 40.3 Å². The maximum Gasteiger partial charge on any atom is 0.335 e. The largest absolute Gasteiger partial charge is 0.478 e. The Morgan fingerprint density at radius 1 is 1.28 bits per heavy atom. The summed E-state index contributed by atoms with van der Waals surface area (Å²) in [5, 5.41) is 16.7. The van der Waals surface area contributed by atoms with E-state index in [0.29, 0.717) is 32.7 Å². The van der Waals surface area contributed by atoms with Gasteiger partial charge in [0.1, 0.15) is 16.5 Å². The second-order valence-corrected chi connectivity index (χ2v) is 7.39. The first-order chi connectivity index (χ1) is 13.9. The Hall–Kier alpha value is -3.59. The van der Waals surface area contributed by atoms with Crippen LogP contribution in [0.25, 0.3) is 22.2 Å². The summed E-state index contributed by atoms with van der Waals surface area (Å²) in [6.45, 7) is 1.66. The van der Waals surface area contributed by atoms with E-state index in [1.807, 2.05) is 0 Å². The van der Waals surface area contributed by atoms with Gasteiger partial charge in [-0.15, -0.1) is 11.3 Å². The van der Waals surface area contributed by atoms with E-state index >= 15 is 0 Å². The molecule has 0 aliphatic carbocycles. The smallest absolute Gasteiger partial charge is 0.335 e. The minimum Gasteiger partial charge on any atom is -0.478 e. The SMILES string of the molecule is Cc1cc2c(cc1C(=O)O)c(-c1cccc(F)c1)nn2C(C(N)=O)c1nccs1. The highest BCUT2D eigenvalue weighted by Gasteiger charge is 2.28. The molecule has 0 fully saturated rings. The molecule has 2 aromatic heterocycles. The molecule has 1 unspecified atom stereocenters. The molecule has 1 amide bonds. The van der Waals surface area contributed by atoms with Gasteiger partial charge < -0.3 is 10.8 Å². The Kier molecular flexibility index (Phi) is 4.59. The summed E-state index contributed by atoms with van der Waals surface area (Å²) in [7, 11) is 0. The summed E-state index contributed by atoms with van der Waals surface area (Å²) in [5.41, 5.74) is 7.56. The maximum absolute atomic E-state index is 13.8. The van der Waals surface area contributed by atoms with Gasteiger partial charge in [0.2, 0.25) is 5.91 Å². The first-order valence-corrected chi connectivity index (χ1v) is 9.45. The zero-order chi connectivity index (χ0) is 20.7. The number of benzene rings is 2. The van der Waals surface area contributed by atoms with Crippen molar-refractivity contribution in [2.75, 3.05) is 0 Å². The molecule has 0 aliphatic heterocycles. The quantitative estimate of drug-likeness (QED) is 0.524. The number of rotatable bonds is 5. The Bertz CT molecular complexity index is 1250. The van der Waals surface area contributed by atoms with Gasteiger partial charge in [-0.1, -0.05) is 12.1 Å². The summed E-state index contributed by atoms with van der Waals surface area (Å²) in [5.74, 6) is -2.20. The number of aromatic carboxylic acids is 1. The molecule has 29 heavy (non-hydrogen) atoms. The number of halogens is 1. The van der Waals surface area contributed by atoms with E-state index in [0.717, 1.165) is 0 Å². The van der Waals surface area contributed by atoms with Crippen LogP contribution < -0.4 is 5.73 Å². The number of nitrogens with zero attached hydrogens (tertiary/aromatic N) is 3. The van der Waals surface area contributed by atoms with Crippen molar-refractivity contribution in [2.45, 2.75) is 13.0 Å². The molecular weight excluding hydrogens is 395 g/mol. The number of hydrogen-bond acceptors (Lipinski definition) is 5. The first kappa shape index (κ1) is 18.8. The van der Waals surface area contributed by atoms with Gasteiger partial charge in [0.15, 0.2) is 6.04 Å². The van der Waals surface area contributed by atoms with Crippen LogP contribution in [-0.2, 0) is 4.79 Å². The molecule has 3 N–H and O–H groups in total. The van der Waals surface area contributed by atoms with E-state index in [9.17, 15) is 19.1 Å². The van der Waals surface area contributed by atoms with Crippen molar-refractivity contribution in [1.82, 2.24) is 14.8 Å². The summed E-state index contributed by atoms with van der Waals surface area (Å²) >= 11 is 1.26. The summed E-state index contributed by atoms with van der Waals surface area (Å²) < 4.78 is 15.3. The normalized spacial score (nSPS) is 12.2. The highest BCUT2D eigenvalue weighted by atomic mass is 32.1. The molecule has 7 nitrogen and oxygen atoms in total. The van der Waals surface area contributed by atoms with Crippen LogP contribution in [-0.4, -0.2) is 31.7 Å². The molecule has 0 aliphatic rings. The summed E-state index contributed by atoms with van der Waals surface area (Å²) in [4.78, 5) is 28.1. The van der Waals surface area contributed by atoms with Crippen molar-refractivity contribution in [3.05, 3.63) is 69.9 Å². The number of aryl methyl sites for hydroxylation is 1. The molecule has 0 saturated carbocycles. The van der Waals surface area contributed by atoms with E-state index < -0.39 is 23.7 Å². The predicted octanol–water partition coefficient (Wildman–Crippen LogP) is 3.38.